The van der Waals surface area contributed by atoms with Crippen molar-refractivity contribution in [3.63, 3.8) is 0 Å². The number of fused-ring (bicyclic) bond motifs is 6. The fourth-order valence-electron chi connectivity index (χ4n) is 6.73. The molecule has 0 unspecified atom stereocenters. The normalized spacial score (nSPS) is 18.3. The van der Waals surface area contributed by atoms with Gasteiger partial charge in [0.1, 0.15) is 11.5 Å². The van der Waals surface area contributed by atoms with Crippen LogP contribution in [0.2, 0.25) is 0 Å². The summed E-state index contributed by atoms with van der Waals surface area (Å²) in [6.07, 6.45) is -0.630. The molecule has 3 nitrogen and oxygen atoms in total. The molecule has 0 saturated heterocycles. The van der Waals surface area contributed by atoms with Crippen molar-refractivity contribution in [1.29, 1.82) is 0 Å². The van der Waals surface area contributed by atoms with Crippen LogP contribution in [0.25, 0.3) is 110 Å². The first-order valence-electron chi connectivity index (χ1n) is 29.5. The van der Waals surface area contributed by atoms with Gasteiger partial charge in [0, 0.05) is 33.6 Å². The minimum atomic E-state index is -0.917. The van der Waals surface area contributed by atoms with Crippen molar-refractivity contribution in [3.8, 4) is 56.2 Å². The van der Waals surface area contributed by atoms with Crippen LogP contribution in [-0.2, 0) is 0 Å². The standard InChI is InChI=1S/C52H32N2O/c1-2-12-33(13-3-1)49-42-19-6-8-21-44(42)50(45-22-9-7-20-43(45)49)48-30-29-47(55-48)37-15-10-14-36(32-37)38-26-27-41(40-18-5-4-17-39(38)40)46-28-25-35-24-23-34-16-11-31-53-51(34)52(35)54-46/h1-32H/i1D,2D,3D,6D,7D,8D,9D,10D,11D,12D,13D,14D,15D,16D,19D,20D,21D,22D,23D,24D,25D,28D,29D,30D,31D,32D. The van der Waals surface area contributed by atoms with Gasteiger partial charge in [0.25, 0.3) is 0 Å². The van der Waals surface area contributed by atoms with Crippen LogP contribution in [0.15, 0.2) is 198 Å². The van der Waals surface area contributed by atoms with Crippen molar-refractivity contribution in [1.82, 2.24) is 9.97 Å². The van der Waals surface area contributed by atoms with E-state index in [4.69, 9.17) is 27.7 Å². The van der Waals surface area contributed by atoms with Crippen molar-refractivity contribution in [3.05, 3.63) is 194 Å². The fraction of sp³-hybridized carbons (Fsp3) is 0. The zero-order chi connectivity index (χ0) is 58.9. The van der Waals surface area contributed by atoms with Gasteiger partial charge in [-0.05, 0) is 84.8 Å². The maximum Gasteiger partial charge on any atom is 0.136 e. The van der Waals surface area contributed by atoms with Crippen LogP contribution in [0.3, 0.4) is 0 Å². The van der Waals surface area contributed by atoms with Gasteiger partial charge in [0.2, 0.25) is 0 Å². The highest BCUT2D eigenvalue weighted by atomic mass is 16.3. The molecule has 0 aliphatic heterocycles. The number of hydrogen-bond donors (Lipinski definition) is 0. The smallest absolute Gasteiger partial charge is 0.136 e. The van der Waals surface area contributed by atoms with E-state index in [0.717, 1.165) is 0 Å². The van der Waals surface area contributed by atoms with Crippen molar-refractivity contribution >= 4 is 54.1 Å². The van der Waals surface area contributed by atoms with Crippen molar-refractivity contribution < 1.29 is 40.1 Å². The van der Waals surface area contributed by atoms with E-state index in [0.29, 0.717) is 0 Å². The van der Waals surface area contributed by atoms with E-state index in [9.17, 15) is 12.3 Å². The van der Waals surface area contributed by atoms with Gasteiger partial charge >= 0.3 is 0 Å². The summed E-state index contributed by atoms with van der Waals surface area (Å²) in [7, 11) is 0. The first-order chi connectivity index (χ1) is 38.1. The highest BCUT2D eigenvalue weighted by Gasteiger charge is 2.19. The van der Waals surface area contributed by atoms with Gasteiger partial charge in [-0.1, -0.05) is 157 Å². The average molecular weight is 727 g/mol. The SMILES string of the molecule is [2H]c1nc2c(c([2H])c1[2H])c([2H])c([2H])c1c([2H])c([2H])c(-c3ccc(-c4c([2H])c([2H])c([2H])c(-c5oc(-c6c7c([2H])c([2H])c([2H])c([2H])c7c(-c7c([2H])c([2H])c([2H])c([2H])c7[2H])c7c([2H])c([2H])c([2H])c([2H])c67)c([2H])c5[2H])c4[2H])c4ccccc34)nc12. The summed E-state index contributed by atoms with van der Waals surface area (Å²) in [6.45, 7) is 0. The molecular formula is C52H32N2O. The molecule has 0 atom stereocenters. The lowest BCUT2D eigenvalue weighted by molar-refractivity contribution is 0.598. The molecule has 0 aliphatic rings. The third kappa shape index (κ3) is 5.13. The maximum absolute atomic E-state index is 9.73. The van der Waals surface area contributed by atoms with Crippen LogP contribution in [0.4, 0.5) is 0 Å². The Hall–Kier alpha value is -7.36. The highest BCUT2D eigenvalue weighted by molar-refractivity contribution is 6.21. The molecule has 0 saturated carbocycles. The molecule has 3 heteroatoms. The van der Waals surface area contributed by atoms with Gasteiger partial charge in [-0.3, -0.25) is 4.98 Å². The van der Waals surface area contributed by atoms with Crippen molar-refractivity contribution in [2.45, 2.75) is 0 Å². The fourth-order valence-corrected chi connectivity index (χ4v) is 6.73. The topological polar surface area (TPSA) is 38.9 Å². The second-order valence-electron chi connectivity index (χ2n) is 12.1. The quantitative estimate of drug-likeness (QED) is 0.131. The molecule has 11 rings (SSSR count). The van der Waals surface area contributed by atoms with Gasteiger partial charge in [-0.25, -0.2) is 4.98 Å². The van der Waals surface area contributed by atoms with Crippen molar-refractivity contribution in [2.75, 3.05) is 0 Å². The largest absolute Gasteiger partial charge is 0.456 e. The van der Waals surface area contributed by atoms with Gasteiger partial charge in [-0.15, -0.1) is 0 Å². The first-order valence-corrected chi connectivity index (χ1v) is 16.5. The van der Waals surface area contributed by atoms with E-state index >= 15 is 0 Å². The van der Waals surface area contributed by atoms with E-state index in [1.165, 1.54) is 12.1 Å². The number of hydrogen-bond acceptors (Lipinski definition) is 3. The summed E-state index contributed by atoms with van der Waals surface area (Å²) in [5, 5.41) is -2.52. The van der Waals surface area contributed by atoms with Gasteiger partial charge in [-0.2, -0.15) is 0 Å². The molecule has 8 aromatic carbocycles. The van der Waals surface area contributed by atoms with Crippen LogP contribution < -0.4 is 0 Å². The van der Waals surface area contributed by atoms with E-state index in [1.54, 1.807) is 24.3 Å². The third-order valence-corrected chi connectivity index (χ3v) is 9.10. The Morgan fingerprint density at radius 2 is 1.02 bits per heavy atom. The molecule has 0 N–H and O–H groups in total. The number of aromatic nitrogens is 2. The molecule has 256 valence electrons. The Balaban J connectivity index is 1.20. The number of benzene rings is 8. The second kappa shape index (κ2) is 12.6. The van der Waals surface area contributed by atoms with Crippen LogP contribution in [0.5, 0.6) is 0 Å². The first kappa shape index (κ1) is 14.8. The Bertz CT molecular complexity index is 4680. The minimum absolute atomic E-state index is 0.0641. The summed E-state index contributed by atoms with van der Waals surface area (Å²) in [6, 6.07) is -10.7. The van der Waals surface area contributed by atoms with Gasteiger partial charge in [0.05, 0.1) is 52.4 Å². The minimum Gasteiger partial charge on any atom is -0.456 e. The molecule has 0 radical (unpaired) electrons. The van der Waals surface area contributed by atoms with Crippen LogP contribution >= 0.6 is 0 Å². The zero-order valence-corrected chi connectivity index (χ0v) is 27.8. The van der Waals surface area contributed by atoms with E-state index < -0.39 is 213 Å². The summed E-state index contributed by atoms with van der Waals surface area (Å²) >= 11 is 0. The Morgan fingerprint density at radius 1 is 0.418 bits per heavy atom. The predicted octanol–water partition coefficient (Wildman–Crippen LogP) is 14.2. The molecule has 0 spiro atoms. The van der Waals surface area contributed by atoms with E-state index in [-0.39, 0.29) is 55.0 Å². The number of pyridine rings is 2. The van der Waals surface area contributed by atoms with Gasteiger partial charge in [0.15, 0.2) is 0 Å². The lowest BCUT2D eigenvalue weighted by Crippen LogP contribution is -1.91. The Labute approximate surface area is 354 Å². The molecule has 0 fully saturated rings. The summed E-state index contributed by atoms with van der Waals surface area (Å²) in [5.41, 5.74) is -3.25. The Morgan fingerprint density at radius 3 is 1.78 bits per heavy atom. The zero-order valence-electron chi connectivity index (χ0n) is 53.8. The molecule has 0 bridgehead atoms. The summed E-state index contributed by atoms with van der Waals surface area (Å²) in [4.78, 5) is 8.79. The lowest BCUT2D eigenvalue weighted by atomic mass is 9.88. The predicted molar refractivity (Wildman–Crippen MR) is 229 cm³/mol. The van der Waals surface area contributed by atoms with Crippen molar-refractivity contribution in [2.24, 2.45) is 0 Å². The summed E-state index contributed by atoms with van der Waals surface area (Å²) in [5.74, 6) is -1.57. The molecule has 55 heavy (non-hydrogen) atoms. The average Bonchev–Trinajstić information content (AvgIpc) is 2.06. The molecule has 0 aliphatic carbocycles. The second-order valence-corrected chi connectivity index (χ2v) is 12.1. The molecule has 3 aromatic heterocycles. The number of furan rings is 1. The number of nitrogens with zero attached hydrogens (tertiary/aromatic N) is 2. The highest BCUT2D eigenvalue weighted by Crippen LogP contribution is 2.45. The van der Waals surface area contributed by atoms with Crippen LogP contribution in [-0.4, -0.2) is 9.97 Å². The Kier molecular flexibility index (Phi) is 3.41. The van der Waals surface area contributed by atoms with Gasteiger partial charge < -0.3 is 4.42 Å². The van der Waals surface area contributed by atoms with E-state index in [2.05, 4.69) is 9.97 Å². The third-order valence-electron chi connectivity index (χ3n) is 9.10. The molecule has 0 amide bonds. The van der Waals surface area contributed by atoms with Crippen LogP contribution in [0.1, 0.15) is 35.6 Å². The monoisotopic (exact) mass is 726 g/mol. The molecule has 11 aromatic rings. The lowest BCUT2D eigenvalue weighted by Gasteiger charge is -2.16. The number of rotatable bonds is 5. The summed E-state index contributed by atoms with van der Waals surface area (Å²) < 4.78 is 238. The van der Waals surface area contributed by atoms with Crippen LogP contribution in [0, 0.1) is 0 Å². The maximum atomic E-state index is 9.73. The molecule has 3 heterocycles. The molecular weight excluding hydrogens is 669 g/mol. The van der Waals surface area contributed by atoms with E-state index in [1.807, 2.05) is 0 Å².